The molecule has 0 spiro atoms. The van der Waals surface area contributed by atoms with Crippen LogP contribution in [0.2, 0.25) is 0 Å². The number of benzene rings is 1. The first-order valence-corrected chi connectivity index (χ1v) is 10.2. The maximum atomic E-state index is 5.72. The van der Waals surface area contributed by atoms with Gasteiger partial charge in [0, 0.05) is 20.1 Å². The summed E-state index contributed by atoms with van der Waals surface area (Å²) in [5, 5.41) is 6.86. The lowest BCUT2D eigenvalue weighted by Crippen LogP contribution is -2.44. The SMILES string of the molecule is CCOc1cccc(CNC(=NC)NCC(c2ccco2)N2CCCCC2)c1.I. The molecule has 29 heavy (non-hydrogen) atoms. The van der Waals surface area contributed by atoms with Crippen molar-refractivity contribution in [3.05, 3.63) is 54.0 Å². The van der Waals surface area contributed by atoms with Crippen molar-refractivity contribution in [2.24, 2.45) is 4.99 Å². The Kier molecular flexibility index (Phi) is 10.3. The minimum atomic E-state index is 0. The molecule has 1 aromatic carbocycles. The number of aliphatic imine (C=N–C) groups is 1. The van der Waals surface area contributed by atoms with Gasteiger partial charge in [0.15, 0.2) is 5.96 Å². The van der Waals surface area contributed by atoms with Gasteiger partial charge < -0.3 is 19.8 Å². The van der Waals surface area contributed by atoms with Crippen LogP contribution in [0, 0.1) is 0 Å². The number of nitrogens with zero attached hydrogens (tertiary/aromatic N) is 2. The van der Waals surface area contributed by atoms with Crippen molar-refractivity contribution in [1.82, 2.24) is 15.5 Å². The molecule has 2 aromatic rings. The number of ether oxygens (including phenoxy) is 1. The van der Waals surface area contributed by atoms with Crippen LogP contribution in [0.4, 0.5) is 0 Å². The molecule has 160 valence electrons. The van der Waals surface area contributed by atoms with Crippen LogP contribution in [0.15, 0.2) is 52.1 Å². The second-order valence-electron chi connectivity index (χ2n) is 7.01. The van der Waals surface area contributed by atoms with Gasteiger partial charge in [-0.3, -0.25) is 9.89 Å². The van der Waals surface area contributed by atoms with Crippen molar-refractivity contribution in [1.29, 1.82) is 0 Å². The summed E-state index contributed by atoms with van der Waals surface area (Å²) >= 11 is 0. The Bertz CT molecular complexity index is 730. The average molecular weight is 512 g/mol. The van der Waals surface area contributed by atoms with Crippen molar-refractivity contribution in [3.8, 4) is 5.75 Å². The summed E-state index contributed by atoms with van der Waals surface area (Å²) in [6, 6.07) is 12.4. The zero-order chi connectivity index (χ0) is 19.6. The highest BCUT2D eigenvalue weighted by Gasteiger charge is 2.24. The lowest BCUT2D eigenvalue weighted by atomic mass is 10.1. The first-order valence-electron chi connectivity index (χ1n) is 10.2. The largest absolute Gasteiger partial charge is 0.494 e. The van der Waals surface area contributed by atoms with Gasteiger partial charge in [-0.2, -0.15) is 0 Å². The molecule has 1 aliphatic rings. The molecule has 1 aliphatic heterocycles. The number of hydrogen-bond donors (Lipinski definition) is 2. The predicted octanol–water partition coefficient (Wildman–Crippen LogP) is 4.19. The minimum Gasteiger partial charge on any atom is -0.494 e. The fourth-order valence-electron chi connectivity index (χ4n) is 3.63. The average Bonchev–Trinajstić information content (AvgIpc) is 3.26. The topological polar surface area (TPSA) is 62.0 Å². The van der Waals surface area contributed by atoms with Crippen LogP contribution in [0.1, 0.15) is 43.6 Å². The maximum Gasteiger partial charge on any atom is 0.191 e. The van der Waals surface area contributed by atoms with Crippen LogP contribution < -0.4 is 15.4 Å². The number of rotatable bonds is 8. The van der Waals surface area contributed by atoms with Crippen molar-refractivity contribution < 1.29 is 9.15 Å². The Morgan fingerprint density at radius 3 is 2.69 bits per heavy atom. The van der Waals surface area contributed by atoms with E-state index >= 15 is 0 Å². The van der Waals surface area contributed by atoms with Crippen LogP contribution in [-0.4, -0.2) is 44.1 Å². The summed E-state index contributed by atoms with van der Waals surface area (Å²) in [5.74, 6) is 2.69. The van der Waals surface area contributed by atoms with Gasteiger partial charge in [0.25, 0.3) is 0 Å². The highest BCUT2D eigenvalue weighted by atomic mass is 127. The number of guanidine groups is 1. The van der Waals surface area contributed by atoms with E-state index in [1.165, 1.54) is 19.3 Å². The zero-order valence-electron chi connectivity index (χ0n) is 17.4. The molecule has 2 N–H and O–H groups in total. The monoisotopic (exact) mass is 512 g/mol. The fourth-order valence-corrected chi connectivity index (χ4v) is 3.63. The summed E-state index contributed by atoms with van der Waals surface area (Å²) < 4.78 is 11.3. The van der Waals surface area contributed by atoms with Crippen molar-refractivity contribution in [3.63, 3.8) is 0 Å². The third-order valence-electron chi connectivity index (χ3n) is 5.06. The number of nitrogens with one attached hydrogen (secondary N) is 2. The van der Waals surface area contributed by atoms with E-state index in [-0.39, 0.29) is 30.0 Å². The number of furan rings is 1. The Morgan fingerprint density at radius 2 is 2.00 bits per heavy atom. The lowest BCUT2D eigenvalue weighted by Gasteiger charge is -2.33. The maximum absolute atomic E-state index is 5.72. The van der Waals surface area contributed by atoms with Crippen LogP contribution >= 0.6 is 24.0 Å². The highest BCUT2D eigenvalue weighted by molar-refractivity contribution is 14.0. The summed E-state index contributed by atoms with van der Waals surface area (Å²) in [4.78, 5) is 6.88. The van der Waals surface area contributed by atoms with Crippen molar-refractivity contribution >= 4 is 29.9 Å². The Labute approximate surface area is 191 Å². The van der Waals surface area contributed by atoms with Gasteiger partial charge in [0.1, 0.15) is 11.5 Å². The van der Waals surface area contributed by atoms with Crippen LogP contribution in [0.3, 0.4) is 0 Å². The molecule has 1 fully saturated rings. The van der Waals surface area contributed by atoms with Crippen LogP contribution in [0.5, 0.6) is 5.75 Å². The molecule has 1 atom stereocenters. The molecule has 0 saturated carbocycles. The fraction of sp³-hybridized carbons (Fsp3) is 0.500. The molecule has 1 unspecified atom stereocenters. The summed E-state index contributed by atoms with van der Waals surface area (Å²) in [6.45, 7) is 6.34. The smallest absolute Gasteiger partial charge is 0.191 e. The van der Waals surface area contributed by atoms with Gasteiger partial charge >= 0.3 is 0 Å². The van der Waals surface area contributed by atoms with Gasteiger partial charge in [0.2, 0.25) is 0 Å². The normalized spacial score (nSPS) is 16.0. The van der Waals surface area contributed by atoms with E-state index < -0.39 is 0 Å². The minimum absolute atomic E-state index is 0. The quantitative estimate of drug-likeness (QED) is 0.316. The van der Waals surface area contributed by atoms with E-state index in [1.807, 2.05) is 25.1 Å². The van der Waals surface area contributed by atoms with Gasteiger partial charge in [-0.1, -0.05) is 18.6 Å². The van der Waals surface area contributed by atoms with Gasteiger partial charge in [-0.05, 0) is 62.7 Å². The van der Waals surface area contributed by atoms with Crippen molar-refractivity contribution in [2.75, 3.05) is 33.3 Å². The molecule has 0 bridgehead atoms. The summed E-state index contributed by atoms with van der Waals surface area (Å²) in [6.07, 6.45) is 5.57. The molecule has 7 heteroatoms. The third-order valence-corrected chi connectivity index (χ3v) is 5.06. The second-order valence-corrected chi connectivity index (χ2v) is 7.01. The number of piperidine rings is 1. The van der Waals surface area contributed by atoms with E-state index in [9.17, 15) is 0 Å². The Morgan fingerprint density at radius 1 is 1.17 bits per heavy atom. The molecule has 3 rings (SSSR count). The van der Waals surface area contributed by atoms with E-state index in [1.54, 1.807) is 13.3 Å². The standard InChI is InChI=1S/C22H32N4O2.HI/c1-3-27-19-10-7-9-18(15-19)16-24-22(23-2)25-17-20(21-11-8-14-28-21)26-12-5-4-6-13-26;/h7-11,14-15,20H,3-6,12-13,16-17H2,1-2H3,(H2,23,24,25);1H. The Balaban J connectivity index is 0.00000300. The van der Waals surface area contributed by atoms with Crippen LogP contribution in [0.25, 0.3) is 0 Å². The molecule has 0 amide bonds. The molecule has 0 aliphatic carbocycles. The van der Waals surface area contributed by atoms with Crippen molar-refractivity contribution in [2.45, 2.75) is 38.8 Å². The van der Waals surface area contributed by atoms with Crippen LogP contribution in [-0.2, 0) is 6.54 Å². The summed E-state index contributed by atoms with van der Waals surface area (Å²) in [7, 11) is 1.80. The van der Waals surface area contributed by atoms with E-state index in [4.69, 9.17) is 9.15 Å². The summed E-state index contributed by atoms with van der Waals surface area (Å²) in [5.41, 5.74) is 1.16. The number of halogens is 1. The van der Waals surface area contributed by atoms with E-state index in [0.29, 0.717) is 13.2 Å². The van der Waals surface area contributed by atoms with Gasteiger partial charge in [-0.25, -0.2) is 0 Å². The molecule has 2 heterocycles. The van der Waals surface area contributed by atoms with E-state index in [2.05, 4.69) is 38.7 Å². The zero-order valence-corrected chi connectivity index (χ0v) is 19.7. The van der Waals surface area contributed by atoms with Gasteiger partial charge in [-0.15, -0.1) is 24.0 Å². The number of hydrogen-bond acceptors (Lipinski definition) is 4. The van der Waals surface area contributed by atoms with Gasteiger partial charge in [0.05, 0.1) is 18.9 Å². The Hall–Kier alpha value is -1.74. The van der Waals surface area contributed by atoms with E-state index in [0.717, 1.165) is 42.7 Å². The second kappa shape index (κ2) is 12.7. The predicted molar refractivity (Wildman–Crippen MR) is 128 cm³/mol. The number of likely N-dealkylation sites (tertiary alicyclic amines) is 1. The first-order chi connectivity index (χ1) is 13.8. The molecule has 6 nitrogen and oxygen atoms in total. The molecule has 1 aromatic heterocycles. The molecule has 0 radical (unpaired) electrons. The molecule has 1 saturated heterocycles. The molecular weight excluding hydrogens is 479 g/mol. The highest BCUT2D eigenvalue weighted by Crippen LogP contribution is 2.24. The lowest BCUT2D eigenvalue weighted by molar-refractivity contribution is 0.146. The first kappa shape index (κ1) is 23.5. The molecular formula is C22H33IN4O2. The third kappa shape index (κ3) is 7.22.